The minimum atomic E-state index is 0.0501. The zero-order chi connectivity index (χ0) is 18.4. The van der Waals surface area contributed by atoms with E-state index in [1.807, 2.05) is 0 Å². The summed E-state index contributed by atoms with van der Waals surface area (Å²) in [7, 11) is 3.57. The molecule has 7 nitrogen and oxygen atoms in total. The van der Waals surface area contributed by atoms with Crippen molar-refractivity contribution in [3.63, 3.8) is 0 Å². The Morgan fingerprint density at radius 3 is 2.42 bits per heavy atom. The zero-order valence-electron chi connectivity index (χ0n) is 16.5. The van der Waals surface area contributed by atoms with Crippen molar-refractivity contribution in [3.8, 4) is 0 Å². The third kappa shape index (κ3) is 5.33. The van der Waals surface area contributed by atoms with Crippen molar-refractivity contribution < 1.29 is 9.53 Å². The maximum Gasteiger partial charge on any atom is 0.243 e. The molecular formula is C19H35N5O2. The highest BCUT2D eigenvalue weighted by molar-refractivity contribution is 5.85. The standard InChI is InChI=1S/C19H35N5O2/c1-22(2)18(25)13-21-19(20-7-8-23-9-11-26-12-10-23)24-14-16-5-3-4-6-17(16)15-24/h16-17H,3-15H2,1-2H3,(H,20,21). The first-order chi connectivity index (χ1) is 12.6. The highest BCUT2D eigenvalue weighted by Gasteiger charge is 2.35. The van der Waals surface area contributed by atoms with E-state index < -0.39 is 0 Å². The molecule has 1 amide bonds. The second-order valence-electron chi connectivity index (χ2n) is 8.02. The van der Waals surface area contributed by atoms with Crippen LogP contribution in [-0.2, 0) is 9.53 Å². The quantitative estimate of drug-likeness (QED) is 0.567. The molecule has 0 bridgehead atoms. The maximum atomic E-state index is 12.0. The molecule has 1 aliphatic carbocycles. The Balaban J connectivity index is 1.56. The van der Waals surface area contributed by atoms with Crippen LogP contribution in [-0.4, -0.2) is 99.7 Å². The highest BCUT2D eigenvalue weighted by Crippen LogP contribution is 2.35. The van der Waals surface area contributed by atoms with E-state index in [9.17, 15) is 4.79 Å². The molecule has 0 aromatic carbocycles. The summed E-state index contributed by atoms with van der Waals surface area (Å²) in [6.07, 6.45) is 5.42. The molecular weight excluding hydrogens is 330 g/mol. The van der Waals surface area contributed by atoms with E-state index >= 15 is 0 Å². The van der Waals surface area contributed by atoms with Crippen molar-refractivity contribution in [3.05, 3.63) is 0 Å². The van der Waals surface area contributed by atoms with Gasteiger partial charge in [-0.1, -0.05) is 12.8 Å². The topological polar surface area (TPSA) is 60.4 Å². The molecule has 0 aromatic heterocycles. The Hall–Kier alpha value is -1.34. The average molecular weight is 366 g/mol. The number of carbonyl (C=O) groups excluding carboxylic acids is 1. The van der Waals surface area contributed by atoms with Crippen LogP contribution in [0.5, 0.6) is 0 Å². The SMILES string of the molecule is CN(C)C(=O)CN=C(NCCN1CCOCC1)N1CC2CCCCC2C1. The van der Waals surface area contributed by atoms with Crippen LogP contribution in [0.25, 0.3) is 0 Å². The molecule has 0 radical (unpaired) electrons. The maximum absolute atomic E-state index is 12.0. The van der Waals surface area contributed by atoms with Crippen LogP contribution in [0.1, 0.15) is 25.7 Å². The van der Waals surface area contributed by atoms with Crippen LogP contribution < -0.4 is 5.32 Å². The smallest absolute Gasteiger partial charge is 0.243 e. The Bertz CT molecular complexity index is 476. The number of nitrogens with one attached hydrogen (secondary N) is 1. The van der Waals surface area contributed by atoms with Gasteiger partial charge >= 0.3 is 0 Å². The summed E-state index contributed by atoms with van der Waals surface area (Å²) in [4.78, 5) is 23.1. The van der Waals surface area contributed by atoms with Gasteiger partial charge in [-0.15, -0.1) is 0 Å². The van der Waals surface area contributed by atoms with Crippen LogP contribution in [0, 0.1) is 11.8 Å². The number of carbonyl (C=O) groups is 1. The fraction of sp³-hybridized carbons (Fsp3) is 0.895. The van der Waals surface area contributed by atoms with E-state index in [1.54, 1.807) is 19.0 Å². The van der Waals surface area contributed by atoms with Crippen molar-refractivity contribution in [2.75, 3.05) is 73.1 Å². The fourth-order valence-electron chi connectivity index (χ4n) is 4.28. The largest absolute Gasteiger partial charge is 0.379 e. The van der Waals surface area contributed by atoms with Gasteiger partial charge in [0.15, 0.2) is 5.96 Å². The number of guanidine groups is 1. The van der Waals surface area contributed by atoms with Crippen molar-refractivity contribution in [2.45, 2.75) is 25.7 Å². The predicted molar refractivity (Wildman–Crippen MR) is 103 cm³/mol. The lowest BCUT2D eigenvalue weighted by molar-refractivity contribution is -0.127. The highest BCUT2D eigenvalue weighted by atomic mass is 16.5. The van der Waals surface area contributed by atoms with Gasteiger partial charge in [-0.25, -0.2) is 4.99 Å². The van der Waals surface area contributed by atoms with Crippen LogP contribution >= 0.6 is 0 Å². The lowest BCUT2D eigenvalue weighted by atomic mass is 9.82. The molecule has 7 heteroatoms. The van der Waals surface area contributed by atoms with E-state index in [4.69, 9.17) is 4.74 Å². The number of hydrogen-bond acceptors (Lipinski definition) is 4. The Morgan fingerprint density at radius 1 is 1.15 bits per heavy atom. The Labute approximate surface area is 157 Å². The average Bonchev–Trinajstić information content (AvgIpc) is 3.09. The molecule has 0 spiro atoms. The molecule has 1 saturated carbocycles. The van der Waals surface area contributed by atoms with Gasteiger partial charge in [0.2, 0.25) is 5.91 Å². The molecule has 2 unspecified atom stereocenters. The van der Waals surface area contributed by atoms with Gasteiger partial charge in [0.05, 0.1) is 13.2 Å². The van der Waals surface area contributed by atoms with Crippen molar-refractivity contribution in [2.24, 2.45) is 16.8 Å². The summed E-state index contributed by atoms with van der Waals surface area (Å²) in [5.41, 5.74) is 0. The normalized spacial score (nSPS) is 27.3. The van der Waals surface area contributed by atoms with Crippen molar-refractivity contribution >= 4 is 11.9 Å². The molecule has 26 heavy (non-hydrogen) atoms. The molecule has 3 rings (SSSR count). The van der Waals surface area contributed by atoms with Gasteiger partial charge in [-0.3, -0.25) is 9.69 Å². The summed E-state index contributed by atoms with van der Waals surface area (Å²) in [6.45, 7) is 7.91. The number of ether oxygens (including phenoxy) is 1. The van der Waals surface area contributed by atoms with Crippen LogP contribution in [0.4, 0.5) is 0 Å². The number of likely N-dealkylation sites (tertiary alicyclic amines) is 1. The molecule has 3 fully saturated rings. The minimum Gasteiger partial charge on any atom is -0.379 e. The minimum absolute atomic E-state index is 0.0501. The van der Waals surface area contributed by atoms with Gasteiger partial charge in [0.25, 0.3) is 0 Å². The number of hydrogen-bond donors (Lipinski definition) is 1. The van der Waals surface area contributed by atoms with E-state index in [1.165, 1.54) is 25.7 Å². The van der Waals surface area contributed by atoms with E-state index in [2.05, 4.69) is 20.1 Å². The second-order valence-corrected chi connectivity index (χ2v) is 8.02. The first-order valence-electron chi connectivity index (χ1n) is 10.2. The monoisotopic (exact) mass is 365 g/mol. The molecule has 2 saturated heterocycles. The van der Waals surface area contributed by atoms with E-state index in [-0.39, 0.29) is 12.5 Å². The summed E-state index contributed by atoms with van der Waals surface area (Å²) in [5, 5.41) is 3.54. The lowest BCUT2D eigenvalue weighted by Crippen LogP contribution is -2.46. The van der Waals surface area contributed by atoms with Crippen LogP contribution in [0.2, 0.25) is 0 Å². The van der Waals surface area contributed by atoms with Gasteiger partial charge in [-0.2, -0.15) is 0 Å². The molecule has 2 atom stereocenters. The lowest BCUT2D eigenvalue weighted by Gasteiger charge is -2.28. The summed E-state index contributed by atoms with van der Waals surface area (Å²) in [5.74, 6) is 2.58. The first kappa shape index (κ1) is 19.4. The summed E-state index contributed by atoms with van der Waals surface area (Å²) >= 11 is 0. The third-order valence-corrected chi connectivity index (χ3v) is 5.95. The summed E-state index contributed by atoms with van der Waals surface area (Å²) in [6, 6.07) is 0. The summed E-state index contributed by atoms with van der Waals surface area (Å²) < 4.78 is 5.41. The van der Waals surface area contributed by atoms with Crippen LogP contribution in [0.15, 0.2) is 4.99 Å². The number of likely N-dealkylation sites (N-methyl/N-ethyl adjacent to an activating group) is 1. The number of morpholine rings is 1. The van der Waals surface area contributed by atoms with Gasteiger partial charge in [-0.05, 0) is 24.7 Å². The van der Waals surface area contributed by atoms with Crippen molar-refractivity contribution in [1.29, 1.82) is 0 Å². The molecule has 3 aliphatic rings. The zero-order valence-corrected chi connectivity index (χ0v) is 16.5. The molecule has 148 valence electrons. The number of rotatable bonds is 5. The Morgan fingerprint density at radius 2 is 1.81 bits per heavy atom. The number of nitrogens with zero attached hydrogens (tertiary/aromatic N) is 4. The van der Waals surface area contributed by atoms with Crippen molar-refractivity contribution in [1.82, 2.24) is 20.0 Å². The molecule has 1 N–H and O–H groups in total. The Kier molecular flexibility index (Phi) is 7.14. The van der Waals surface area contributed by atoms with E-state index in [0.29, 0.717) is 0 Å². The van der Waals surface area contributed by atoms with Gasteiger partial charge < -0.3 is 19.9 Å². The first-order valence-corrected chi connectivity index (χ1v) is 10.2. The van der Waals surface area contributed by atoms with Crippen LogP contribution in [0.3, 0.4) is 0 Å². The number of aliphatic imine (C=N–C) groups is 1. The van der Waals surface area contributed by atoms with Gasteiger partial charge in [0, 0.05) is 53.4 Å². The molecule has 2 aliphatic heterocycles. The third-order valence-electron chi connectivity index (χ3n) is 5.95. The predicted octanol–water partition coefficient (Wildman–Crippen LogP) is 0.474. The fourth-order valence-corrected chi connectivity index (χ4v) is 4.28. The van der Waals surface area contributed by atoms with Gasteiger partial charge in [0.1, 0.15) is 6.54 Å². The number of fused-ring (bicyclic) bond motifs is 1. The molecule has 0 aromatic rings. The molecule has 2 heterocycles. The number of amides is 1. The second kappa shape index (κ2) is 9.55. The van der Waals surface area contributed by atoms with E-state index in [0.717, 1.165) is 70.3 Å².